The first-order chi connectivity index (χ1) is 17.1. The molecule has 1 unspecified atom stereocenters. The molecule has 2 N–H and O–H groups in total. The van der Waals surface area contributed by atoms with Gasteiger partial charge in [-0.05, 0) is 46.7 Å². The number of alkyl halides is 2. The number of aromatic nitrogens is 2. The lowest BCUT2D eigenvalue weighted by Crippen LogP contribution is -2.56. The van der Waals surface area contributed by atoms with Crippen LogP contribution >= 0.6 is 0 Å². The fourth-order valence-electron chi connectivity index (χ4n) is 4.94. The summed E-state index contributed by atoms with van der Waals surface area (Å²) >= 11 is 0. The molecule has 10 heteroatoms. The zero-order valence-corrected chi connectivity index (χ0v) is 20.5. The van der Waals surface area contributed by atoms with Gasteiger partial charge in [-0.3, -0.25) is 4.79 Å². The van der Waals surface area contributed by atoms with E-state index in [-0.39, 0.29) is 17.5 Å². The van der Waals surface area contributed by atoms with E-state index in [1.165, 1.54) is 12.1 Å². The van der Waals surface area contributed by atoms with E-state index in [0.717, 1.165) is 19.0 Å². The Balaban J connectivity index is 1.60. The molecule has 5 rings (SSSR count). The highest BCUT2D eigenvalue weighted by Gasteiger charge is 2.44. The van der Waals surface area contributed by atoms with Gasteiger partial charge in [-0.25, -0.2) is 23.1 Å². The van der Waals surface area contributed by atoms with Crippen LogP contribution in [-0.4, -0.2) is 40.6 Å². The molecule has 0 radical (unpaired) electrons. The molecule has 3 aromatic rings. The zero-order valence-electron chi connectivity index (χ0n) is 20.5. The van der Waals surface area contributed by atoms with Crippen molar-refractivity contribution in [2.75, 3.05) is 23.3 Å². The quantitative estimate of drug-likeness (QED) is 0.511. The van der Waals surface area contributed by atoms with E-state index in [4.69, 9.17) is 4.74 Å². The van der Waals surface area contributed by atoms with Gasteiger partial charge in [0.2, 0.25) is 0 Å². The van der Waals surface area contributed by atoms with Crippen LogP contribution in [0.1, 0.15) is 56.6 Å². The molecule has 0 saturated carbocycles. The van der Waals surface area contributed by atoms with Gasteiger partial charge in [-0.15, -0.1) is 0 Å². The number of ether oxygens (including phenoxy) is 1. The van der Waals surface area contributed by atoms with Crippen molar-refractivity contribution in [3.63, 3.8) is 0 Å². The van der Waals surface area contributed by atoms with Crippen LogP contribution in [0.4, 0.5) is 24.7 Å². The molecule has 2 aliphatic heterocycles. The summed E-state index contributed by atoms with van der Waals surface area (Å²) in [5.74, 6) is 0.357. The van der Waals surface area contributed by atoms with Gasteiger partial charge in [0, 0.05) is 23.6 Å². The minimum atomic E-state index is -2.91. The van der Waals surface area contributed by atoms with Crippen LogP contribution in [0.2, 0.25) is 0 Å². The molecule has 7 nitrogen and oxygen atoms in total. The maximum absolute atomic E-state index is 14.8. The monoisotopic (exact) mass is 499 g/mol. The number of hydrogen-bond acceptors (Lipinski definition) is 6. The maximum Gasteiger partial charge on any atom is 0.270 e. The summed E-state index contributed by atoms with van der Waals surface area (Å²) in [4.78, 5) is 24.2. The van der Waals surface area contributed by atoms with Crippen molar-refractivity contribution in [2.24, 2.45) is 0 Å². The third-order valence-electron chi connectivity index (χ3n) is 6.76. The Labute approximate surface area is 207 Å². The lowest BCUT2D eigenvalue weighted by Gasteiger charge is -2.41. The second-order valence-electron chi connectivity index (χ2n) is 9.81. The molecule has 1 amide bonds. The predicted molar refractivity (Wildman–Crippen MR) is 131 cm³/mol. The van der Waals surface area contributed by atoms with Gasteiger partial charge in [0.05, 0.1) is 28.9 Å². The zero-order chi connectivity index (χ0) is 25.8. The van der Waals surface area contributed by atoms with Crippen LogP contribution in [0.3, 0.4) is 0 Å². The standard InChI is InChI=1S/C26H28F3N5O2/c1-13(16-6-5-7-17(22(16)27)23(28)29)31-24-18-10-20-21(11-19(18)32-14(2)33-24)36-26(3,4)25(35)34(20)15-8-9-30-12-15/h5-7,10-11,13,15,23,30H,8-9,12H2,1-4H3,(H,31,32,33)/t13-,15?/m1/s1. The van der Waals surface area contributed by atoms with Crippen LogP contribution in [0.15, 0.2) is 30.3 Å². The largest absolute Gasteiger partial charge is 0.476 e. The average Bonchev–Trinajstić information content (AvgIpc) is 3.33. The van der Waals surface area contributed by atoms with Crippen LogP contribution in [0, 0.1) is 12.7 Å². The lowest BCUT2D eigenvalue weighted by atomic mass is 10.00. The molecular weight excluding hydrogens is 471 g/mol. The molecule has 1 saturated heterocycles. The van der Waals surface area contributed by atoms with Crippen molar-refractivity contribution in [2.45, 2.75) is 58.2 Å². The summed E-state index contributed by atoms with van der Waals surface area (Å²) in [5.41, 5.74) is -0.358. The van der Waals surface area contributed by atoms with Gasteiger partial charge in [-0.1, -0.05) is 18.2 Å². The number of hydrogen-bond donors (Lipinski definition) is 2. The van der Waals surface area contributed by atoms with Crippen LogP contribution in [0.25, 0.3) is 10.9 Å². The van der Waals surface area contributed by atoms with Crippen molar-refractivity contribution in [3.8, 4) is 5.75 Å². The summed E-state index contributed by atoms with van der Waals surface area (Å²) in [5, 5.41) is 7.10. The number of aryl methyl sites for hydroxylation is 1. The van der Waals surface area contributed by atoms with E-state index in [0.29, 0.717) is 40.5 Å². The summed E-state index contributed by atoms with van der Waals surface area (Å²) < 4.78 is 47.4. The first-order valence-electron chi connectivity index (χ1n) is 12.0. The molecule has 36 heavy (non-hydrogen) atoms. The van der Waals surface area contributed by atoms with E-state index >= 15 is 0 Å². The van der Waals surface area contributed by atoms with E-state index in [1.54, 1.807) is 38.7 Å². The number of rotatable bonds is 5. The van der Waals surface area contributed by atoms with Crippen molar-refractivity contribution < 1.29 is 22.7 Å². The Morgan fingerprint density at radius 1 is 1.22 bits per heavy atom. The van der Waals surface area contributed by atoms with Crippen molar-refractivity contribution >= 4 is 28.3 Å². The molecular formula is C26H28F3N5O2. The van der Waals surface area contributed by atoms with Crippen LogP contribution in [0.5, 0.6) is 5.75 Å². The fraction of sp³-hybridized carbons (Fsp3) is 0.423. The first kappa shape index (κ1) is 24.3. The summed E-state index contributed by atoms with van der Waals surface area (Å²) in [6, 6.07) is 6.88. The highest BCUT2D eigenvalue weighted by Crippen LogP contribution is 2.43. The molecule has 2 aromatic carbocycles. The summed E-state index contributed by atoms with van der Waals surface area (Å²) in [6.07, 6.45) is -2.10. The minimum absolute atomic E-state index is 0.0234. The SMILES string of the molecule is Cc1nc(N[C@H](C)c2cccc(C(F)F)c2F)c2cc3c(cc2n1)OC(C)(C)C(=O)N3C1CCNC1. The van der Waals surface area contributed by atoms with Gasteiger partial charge >= 0.3 is 0 Å². The smallest absolute Gasteiger partial charge is 0.270 e. The van der Waals surface area contributed by atoms with Gasteiger partial charge < -0.3 is 20.3 Å². The van der Waals surface area contributed by atoms with E-state index < -0.39 is 29.4 Å². The molecule has 190 valence electrons. The van der Waals surface area contributed by atoms with Gasteiger partial charge in [-0.2, -0.15) is 0 Å². The van der Waals surface area contributed by atoms with Crippen LogP contribution < -0.4 is 20.3 Å². The number of anilines is 2. The van der Waals surface area contributed by atoms with Gasteiger partial charge in [0.25, 0.3) is 12.3 Å². The molecule has 2 aliphatic rings. The number of carbonyl (C=O) groups excluding carboxylic acids is 1. The molecule has 2 atom stereocenters. The minimum Gasteiger partial charge on any atom is -0.476 e. The number of fused-ring (bicyclic) bond motifs is 2. The van der Waals surface area contributed by atoms with E-state index in [1.807, 2.05) is 6.07 Å². The predicted octanol–water partition coefficient (Wildman–Crippen LogP) is 5.05. The Hall–Kier alpha value is -3.40. The Kier molecular flexibility index (Phi) is 6.02. The highest BCUT2D eigenvalue weighted by molar-refractivity contribution is 6.06. The summed E-state index contributed by atoms with van der Waals surface area (Å²) in [7, 11) is 0. The highest BCUT2D eigenvalue weighted by atomic mass is 19.3. The molecule has 3 heterocycles. The van der Waals surface area contributed by atoms with Crippen molar-refractivity contribution in [1.82, 2.24) is 15.3 Å². The second-order valence-corrected chi connectivity index (χ2v) is 9.81. The van der Waals surface area contributed by atoms with Crippen LogP contribution in [-0.2, 0) is 4.79 Å². The Morgan fingerprint density at radius 2 is 1.97 bits per heavy atom. The molecule has 1 fully saturated rings. The molecule has 0 bridgehead atoms. The third kappa shape index (κ3) is 4.13. The topological polar surface area (TPSA) is 79.4 Å². The molecule has 0 aliphatic carbocycles. The molecule has 0 spiro atoms. The average molecular weight is 500 g/mol. The van der Waals surface area contributed by atoms with Crippen molar-refractivity contribution in [3.05, 3.63) is 53.1 Å². The van der Waals surface area contributed by atoms with E-state index in [9.17, 15) is 18.0 Å². The first-order valence-corrected chi connectivity index (χ1v) is 12.0. The number of nitrogens with zero attached hydrogens (tertiary/aromatic N) is 3. The maximum atomic E-state index is 14.8. The normalized spacial score (nSPS) is 19.9. The summed E-state index contributed by atoms with van der Waals surface area (Å²) in [6.45, 7) is 8.40. The second kappa shape index (κ2) is 8.92. The lowest BCUT2D eigenvalue weighted by molar-refractivity contribution is -0.133. The fourth-order valence-corrected chi connectivity index (χ4v) is 4.94. The Bertz CT molecular complexity index is 1340. The number of amides is 1. The van der Waals surface area contributed by atoms with E-state index in [2.05, 4.69) is 20.6 Å². The van der Waals surface area contributed by atoms with Crippen molar-refractivity contribution in [1.29, 1.82) is 0 Å². The Morgan fingerprint density at radius 3 is 2.67 bits per heavy atom. The number of halogens is 3. The van der Waals surface area contributed by atoms with Gasteiger partial charge in [0.1, 0.15) is 23.2 Å². The number of benzene rings is 2. The number of carbonyl (C=O) groups is 1. The molecule has 1 aromatic heterocycles. The number of nitrogens with one attached hydrogen (secondary N) is 2. The van der Waals surface area contributed by atoms with Gasteiger partial charge in [0.15, 0.2) is 5.60 Å². The third-order valence-corrected chi connectivity index (χ3v) is 6.76.